The number of anilines is 1. The highest BCUT2D eigenvalue weighted by Crippen LogP contribution is 2.38. The number of carboxylic acids is 1. The van der Waals surface area contributed by atoms with Crippen molar-refractivity contribution >= 4 is 46.9 Å². The van der Waals surface area contributed by atoms with Gasteiger partial charge in [0.05, 0.1) is 12.0 Å². The van der Waals surface area contributed by atoms with E-state index < -0.39 is 59.1 Å². The van der Waals surface area contributed by atoms with Crippen LogP contribution in [0.15, 0.2) is 99.3 Å². The Morgan fingerprint density at radius 1 is 1.00 bits per heavy atom. The molecule has 0 aliphatic carbocycles. The van der Waals surface area contributed by atoms with Crippen LogP contribution in [0, 0.1) is 0 Å². The summed E-state index contributed by atoms with van der Waals surface area (Å²) in [4.78, 5) is 53.6. The molecular formula is C39H40N2O10S. The van der Waals surface area contributed by atoms with Crippen molar-refractivity contribution in [3.05, 3.63) is 118 Å². The summed E-state index contributed by atoms with van der Waals surface area (Å²) in [5.41, 5.74) is 0.526. The maximum Gasteiger partial charge on any atom is 0.339 e. The molecule has 0 fully saturated rings. The summed E-state index contributed by atoms with van der Waals surface area (Å²) < 4.78 is 22.6. The number of esters is 1. The molecule has 3 heterocycles. The van der Waals surface area contributed by atoms with Gasteiger partial charge in [0, 0.05) is 30.6 Å². The molecule has 12 nitrogen and oxygen atoms in total. The summed E-state index contributed by atoms with van der Waals surface area (Å²) in [6, 6.07) is 18.8. The maximum absolute atomic E-state index is 14.3. The second kappa shape index (κ2) is 16.5. The number of nitrogens with zero attached hydrogens (tertiary/aromatic N) is 1. The van der Waals surface area contributed by atoms with E-state index in [-0.39, 0.29) is 25.5 Å². The quantitative estimate of drug-likeness (QED) is 0.0687. The van der Waals surface area contributed by atoms with Gasteiger partial charge in [-0.3, -0.25) is 14.4 Å². The molecule has 52 heavy (non-hydrogen) atoms. The van der Waals surface area contributed by atoms with Gasteiger partial charge in [-0.25, -0.2) is 4.79 Å². The largest absolute Gasteiger partial charge is 0.503 e. The van der Waals surface area contributed by atoms with Crippen molar-refractivity contribution in [2.75, 3.05) is 18.7 Å². The van der Waals surface area contributed by atoms with Gasteiger partial charge in [-0.05, 0) is 92.0 Å². The molecule has 0 saturated heterocycles. The molecule has 0 bridgehead atoms. The topological polar surface area (TPSA) is 165 Å². The lowest BCUT2D eigenvalue weighted by molar-refractivity contribution is -0.152. The van der Waals surface area contributed by atoms with Crippen molar-refractivity contribution in [3.8, 4) is 11.5 Å². The Morgan fingerprint density at radius 2 is 1.75 bits per heavy atom. The lowest BCUT2D eigenvalue weighted by atomic mass is 9.87. The molecule has 13 heteroatoms. The fourth-order valence-corrected chi connectivity index (χ4v) is 6.21. The van der Waals surface area contributed by atoms with E-state index in [4.69, 9.17) is 18.6 Å². The van der Waals surface area contributed by atoms with E-state index in [0.29, 0.717) is 22.9 Å². The molecule has 0 radical (unpaired) electrons. The van der Waals surface area contributed by atoms with Gasteiger partial charge in [0.2, 0.25) is 6.79 Å². The molecular weight excluding hydrogens is 689 g/mol. The number of rotatable bonds is 14. The smallest absolute Gasteiger partial charge is 0.339 e. The van der Waals surface area contributed by atoms with Crippen LogP contribution in [0.4, 0.5) is 5.69 Å². The van der Waals surface area contributed by atoms with Gasteiger partial charge in [0.15, 0.2) is 23.0 Å². The minimum atomic E-state index is -1.43. The standard InChI is InChI=1S/C39H40N2O10S/c1-24(41(17-8-9-25-16-18-52-22-25)37(46)35(44)30(21-34(42)43)38(47)51-39(2,3)4)29(26-12-14-31-33(19-26)49-23-48-31)20-28-13-15-32(50-28)36(45)40-27-10-6-5-7-11-27/h5-16,18-19,22,24,29,44H,17,20-21,23H2,1-4H3,(H,40,45)(H,42,43). The Hall–Kier alpha value is -5.82. The number of ether oxygens (including phenoxy) is 3. The Balaban J connectivity index is 1.53. The molecule has 0 saturated carbocycles. The molecule has 2 aromatic carbocycles. The van der Waals surface area contributed by atoms with Crippen LogP contribution in [-0.2, 0) is 25.5 Å². The second-order valence-electron chi connectivity index (χ2n) is 13.1. The first-order valence-corrected chi connectivity index (χ1v) is 17.4. The van der Waals surface area contributed by atoms with Gasteiger partial charge in [0.1, 0.15) is 11.4 Å². The van der Waals surface area contributed by atoms with Crippen molar-refractivity contribution in [3.63, 3.8) is 0 Å². The number of aliphatic hydroxyl groups excluding tert-OH is 1. The number of thiophene rings is 1. The summed E-state index contributed by atoms with van der Waals surface area (Å²) in [5, 5.41) is 27.6. The first kappa shape index (κ1) is 37.4. The van der Waals surface area contributed by atoms with Gasteiger partial charge in [-0.15, -0.1) is 0 Å². The number of aliphatic hydroxyl groups is 1. The summed E-state index contributed by atoms with van der Waals surface area (Å²) in [6.07, 6.45) is 2.81. The van der Waals surface area contributed by atoms with Crippen LogP contribution < -0.4 is 14.8 Å². The Morgan fingerprint density at radius 3 is 2.44 bits per heavy atom. The number of carbonyl (C=O) groups is 4. The van der Waals surface area contributed by atoms with Crippen LogP contribution in [0.5, 0.6) is 11.5 Å². The lowest BCUT2D eigenvalue weighted by Gasteiger charge is -2.34. The van der Waals surface area contributed by atoms with E-state index in [1.807, 2.05) is 35.0 Å². The molecule has 3 N–H and O–H groups in total. The number of benzene rings is 2. The third-order valence-electron chi connectivity index (χ3n) is 8.12. The zero-order chi connectivity index (χ0) is 37.4. The van der Waals surface area contributed by atoms with Crippen molar-refractivity contribution < 1.29 is 48.0 Å². The molecule has 2 unspecified atom stereocenters. The Labute approximate surface area is 304 Å². The van der Waals surface area contributed by atoms with Gasteiger partial charge >= 0.3 is 11.9 Å². The van der Waals surface area contributed by atoms with Crippen LogP contribution in [0.1, 0.15) is 67.5 Å². The number of aliphatic carboxylic acids is 1. The second-order valence-corrected chi connectivity index (χ2v) is 13.8. The van der Waals surface area contributed by atoms with E-state index in [1.165, 1.54) is 16.2 Å². The van der Waals surface area contributed by atoms with E-state index >= 15 is 0 Å². The first-order valence-electron chi connectivity index (χ1n) is 16.5. The molecule has 5 rings (SSSR count). The maximum atomic E-state index is 14.3. The summed E-state index contributed by atoms with van der Waals surface area (Å²) in [6.45, 7) is 6.56. The Bertz CT molecular complexity index is 1960. The van der Waals surface area contributed by atoms with Gasteiger partial charge in [-0.1, -0.05) is 36.4 Å². The minimum Gasteiger partial charge on any atom is -0.503 e. The van der Waals surface area contributed by atoms with E-state index in [9.17, 15) is 29.4 Å². The SMILES string of the molecule is CC(C(Cc1ccc(C(=O)Nc2ccccc2)o1)c1ccc2c(c1)OCO2)N(CC=Cc1ccsc1)C(=O)C(O)=C(CC(=O)O)C(=O)OC(C)(C)C. The number of para-hydroxylation sites is 1. The molecule has 272 valence electrons. The van der Waals surface area contributed by atoms with Crippen molar-refractivity contribution in [1.82, 2.24) is 4.90 Å². The fraction of sp³-hybridized carbons (Fsp3) is 0.282. The molecule has 2 amide bonds. The van der Waals surface area contributed by atoms with Crippen molar-refractivity contribution in [2.45, 2.75) is 58.1 Å². The molecule has 2 aromatic heterocycles. The monoisotopic (exact) mass is 728 g/mol. The fourth-order valence-electron chi connectivity index (χ4n) is 5.58. The van der Waals surface area contributed by atoms with E-state index in [1.54, 1.807) is 82.3 Å². The van der Waals surface area contributed by atoms with Gasteiger partial charge in [-0.2, -0.15) is 11.3 Å². The van der Waals surface area contributed by atoms with E-state index in [0.717, 1.165) is 11.1 Å². The van der Waals surface area contributed by atoms with Crippen LogP contribution in [-0.4, -0.2) is 63.8 Å². The minimum absolute atomic E-state index is 0.0293. The number of carboxylic acid groups (broad SMARTS) is 1. The third-order valence-corrected chi connectivity index (χ3v) is 8.82. The van der Waals surface area contributed by atoms with Crippen molar-refractivity contribution in [2.24, 2.45) is 0 Å². The highest BCUT2D eigenvalue weighted by Gasteiger charge is 2.35. The molecule has 2 atom stereocenters. The summed E-state index contributed by atoms with van der Waals surface area (Å²) >= 11 is 1.50. The van der Waals surface area contributed by atoms with Crippen LogP contribution >= 0.6 is 11.3 Å². The highest BCUT2D eigenvalue weighted by atomic mass is 32.1. The number of amides is 2. The van der Waals surface area contributed by atoms with Crippen LogP contribution in [0.25, 0.3) is 6.08 Å². The number of hydrogen-bond donors (Lipinski definition) is 3. The summed E-state index contributed by atoms with van der Waals surface area (Å²) in [7, 11) is 0. The molecule has 1 aliphatic rings. The number of carbonyl (C=O) groups excluding carboxylic acids is 3. The average Bonchev–Trinajstić information content (AvgIpc) is 3.89. The predicted octanol–water partition coefficient (Wildman–Crippen LogP) is 7.21. The molecule has 4 aromatic rings. The van der Waals surface area contributed by atoms with Crippen molar-refractivity contribution in [1.29, 1.82) is 0 Å². The zero-order valence-electron chi connectivity index (χ0n) is 29.2. The predicted molar refractivity (Wildman–Crippen MR) is 194 cm³/mol. The number of hydrogen-bond acceptors (Lipinski definition) is 10. The molecule has 1 aliphatic heterocycles. The normalized spacial score (nSPS) is 14.0. The third kappa shape index (κ3) is 9.69. The summed E-state index contributed by atoms with van der Waals surface area (Å²) in [5.74, 6) is -3.96. The number of nitrogens with one attached hydrogen (secondary N) is 1. The molecule has 0 spiro atoms. The first-order chi connectivity index (χ1) is 24.8. The van der Waals surface area contributed by atoms with Gasteiger partial charge in [0.25, 0.3) is 11.8 Å². The number of fused-ring (bicyclic) bond motifs is 1. The highest BCUT2D eigenvalue weighted by molar-refractivity contribution is 7.08. The average molecular weight is 729 g/mol. The van der Waals surface area contributed by atoms with Crippen LogP contribution in [0.3, 0.4) is 0 Å². The van der Waals surface area contributed by atoms with Gasteiger partial charge < -0.3 is 39.1 Å². The number of furan rings is 1. The Kier molecular flexibility index (Phi) is 11.9. The van der Waals surface area contributed by atoms with E-state index in [2.05, 4.69) is 5.32 Å². The lowest BCUT2D eigenvalue weighted by Crippen LogP contribution is -2.44. The zero-order valence-corrected chi connectivity index (χ0v) is 30.0. The van der Waals surface area contributed by atoms with Crippen LogP contribution in [0.2, 0.25) is 0 Å².